The van der Waals surface area contributed by atoms with E-state index in [1.807, 2.05) is 0 Å². The highest BCUT2D eigenvalue weighted by atomic mass is 14.7. The number of benzene rings is 1. The van der Waals surface area contributed by atoms with Gasteiger partial charge in [-0.05, 0) is 67.7 Å². The van der Waals surface area contributed by atoms with Crippen LogP contribution in [0.3, 0.4) is 0 Å². The standard InChI is InChI=1S/C16H19N/c1-4-14-8-13-9-15(12-5-6-12)10(2)7-16(13)11(3)17-14/h7-9,12H,4-6H2,1-3H3. The predicted molar refractivity (Wildman–Crippen MR) is 72.6 cm³/mol. The summed E-state index contributed by atoms with van der Waals surface area (Å²) in [6, 6.07) is 6.98. The Morgan fingerprint density at radius 3 is 2.59 bits per heavy atom. The number of pyridine rings is 1. The zero-order valence-corrected chi connectivity index (χ0v) is 10.9. The first-order valence-electron chi connectivity index (χ1n) is 6.60. The van der Waals surface area contributed by atoms with Crippen molar-refractivity contribution in [1.82, 2.24) is 4.98 Å². The molecule has 0 atom stereocenters. The van der Waals surface area contributed by atoms with Crippen molar-refractivity contribution < 1.29 is 0 Å². The third-order valence-corrected chi connectivity index (χ3v) is 3.84. The molecule has 0 bridgehead atoms. The highest BCUT2D eigenvalue weighted by Gasteiger charge is 2.25. The third-order valence-electron chi connectivity index (χ3n) is 3.84. The molecule has 2 aromatic rings. The van der Waals surface area contributed by atoms with Gasteiger partial charge >= 0.3 is 0 Å². The molecule has 1 aromatic carbocycles. The average molecular weight is 225 g/mol. The first kappa shape index (κ1) is 10.8. The van der Waals surface area contributed by atoms with E-state index in [9.17, 15) is 0 Å². The molecular formula is C16H19N. The van der Waals surface area contributed by atoms with Crippen LogP contribution in [-0.2, 0) is 6.42 Å². The minimum atomic E-state index is 0.831. The molecule has 0 aliphatic heterocycles. The first-order valence-corrected chi connectivity index (χ1v) is 6.60. The van der Waals surface area contributed by atoms with Crippen molar-refractivity contribution in [2.75, 3.05) is 0 Å². The van der Waals surface area contributed by atoms with Crippen LogP contribution >= 0.6 is 0 Å². The van der Waals surface area contributed by atoms with Crippen LogP contribution in [0.25, 0.3) is 10.8 Å². The molecule has 1 aliphatic rings. The Kier molecular flexibility index (Phi) is 2.43. The molecule has 0 spiro atoms. The minimum Gasteiger partial charge on any atom is -0.258 e. The summed E-state index contributed by atoms with van der Waals surface area (Å²) in [6.45, 7) is 6.53. The number of aromatic nitrogens is 1. The summed E-state index contributed by atoms with van der Waals surface area (Å²) < 4.78 is 0. The Bertz CT molecular complexity index is 580. The van der Waals surface area contributed by atoms with Crippen LogP contribution < -0.4 is 0 Å². The molecule has 1 aromatic heterocycles. The zero-order chi connectivity index (χ0) is 12.0. The van der Waals surface area contributed by atoms with E-state index >= 15 is 0 Å². The lowest BCUT2D eigenvalue weighted by Crippen LogP contribution is -1.94. The second-order valence-electron chi connectivity index (χ2n) is 5.26. The van der Waals surface area contributed by atoms with E-state index < -0.39 is 0 Å². The summed E-state index contributed by atoms with van der Waals surface area (Å²) in [5.74, 6) is 0.831. The van der Waals surface area contributed by atoms with Crippen molar-refractivity contribution in [2.45, 2.75) is 46.0 Å². The Labute approximate surface area is 103 Å². The lowest BCUT2D eigenvalue weighted by Gasteiger charge is -2.10. The topological polar surface area (TPSA) is 12.9 Å². The molecule has 1 aliphatic carbocycles. The molecule has 17 heavy (non-hydrogen) atoms. The third kappa shape index (κ3) is 1.84. The van der Waals surface area contributed by atoms with E-state index in [0.717, 1.165) is 12.3 Å². The summed E-state index contributed by atoms with van der Waals surface area (Å²) >= 11 is 0. The monoisotopic (exact) mass is 225 g/mol. The van der Waals surface area contributed by atoms with E-state index in [1.165, 1.54) is 40.6 Å². The van der Waals surface area contributed by atoms with Gasteiger partial charge in [-0.1, -0.05) is 13.0 Å². The first-order chi connectivity index (χ1) is 8.19. The van der Waals surface area contributed by atoms with Gasteiger partial charge < -0.3 is 0 Å². The van der Waals surface area contributed by atoms with Gasteiger partial charge in [0.05, 0.1) is 0 Å². The molecule has 1 heterocycles. The van der Waals surface area contributed by atoms with Crippen LogP contribution in [0.15, 0.2) is 18.2 Å². The lowest BCUT2D eigenvalue weighted by molar-refractivity contribution is 1.02. The average Bonchev–Trinajstić information content (AvgIpc) is 3.13. The fraction of sp³-hybridized carbons (Fsp3) is 0.438. The van der Waals surface area contributed by atoms with Crippen LogP contribution in [0.4, 0.5) is 0 Å². The molecule has 0 radical (unpaired) electrons. The number of hydrogen-bond donors (Lipinski definition) is 0. The number of nitrogens with zero attached hydrogens (tertiary/aromatic N) is 1. The van der Waals surface area contributed by atoms with Crippen LogP contribution in [0.5, 0.6) is 0 Å². The summed E-state index contributed by atoms with van der Waals surface area (Å²) in [7, 11) is 0. The van der Waals surface area contributed by atoms with E-state index in [0.29, 0.717) is 0 Å². The molecule has 1 saturated carbocycles. The van der Waals surface area contributed by atoms with Crippen LogP contribution in [0.2, 0.25) is 0 Å². The summed E-state index contributed by atoms with van der Waals surface area (Å²) in [6.07, 6.45) is 3.76. The van der Waals surface area contributed by atoms with Crippen LogP contribution in [0.1, 0.15) is 48.2 Å². The van der Waals surface area contributed by atoms with E-state index in [-0.39, 0.29) is 0 Å². The summed E-state index contributed by atoms with van der Waals surface area (Å²) in [4.78, 5) is 4.65. The molecule has 88 valence electrons. The van der Waals surface area contributed by atoms with Crippen LogP contribution in [0, 0.1) is 13.8 Å². The molecule has 1 heteroatoms. The normalized spacial score (nSPS) is 15.5. The fourth-order valence-electron chi connectivity index (χ4n) is 2.68. The fourth-order valence-corrected chi connectivity index (χ4v) is 2.68. The van der Waals surface area contributed by atoms with Gasteiger partial charge in [-0.15, -0.1) is 0 Å². The predicted octanol–water partition coefficient (Wildman–Crippen LogP) is 4.29. The van der Waals surface area contributed by atoms with Gasteiger partial charge in [0.25, 0.3) is 0 Å². The Hall–Kier alpha value is -1.37. The largest absolute Gasteiger partial charge is 0.258 e. The minimum absolute atomic E-state index is 0.831. The maximum absolute atomic E-state index is 4.65. The van der Waals surface area contributed by atoms with Gasteiger partial charge in [0, 0.05) is 16.8 Å². The van der Waals surface area contributed by atoms with E-state index in [2.05, 4.69) is 44.0 Å². The van der Waals surface area contributed by atoms with Gasteiger partial charge in [-0.2, -0.15) is 0 Å². The molecule has 0 unspecified atom stereocenters. The van der Waals surface area contributed by atoms with Crippen molar-refractivity contribution in [3.63, 3.8) is 0 Å². The molecule has 0 amide bonds. The molecule has 1 nitrogen and oxygen atoms in total. The maximum Gasteiger partial charge on any atom is 0.0454 e. The summed E-state index contributed by atoms with van der Waals surface area (Å²) in [5, 5.41) is 2.70. The Morgan fingerprint density at radius 2 is 1.94 bits per heavy atom. The lowest BCUT2D eigenvalue weighted by atomic mass is 9.98. The number of aryl methyl sites for hydroxylation is 3. The molecule has 0 N–H and O–H groups in total. The summed E-state index contributed by atoms with van der Waals surface area (Å²) in [5.41, 5.74) is 5.38. The maximum atomic E-state index is 4.65. The van der Waals surface area contributed by atoms with Gasteiger partial charge in [-0.25, -0.2) is 0 Å². The van der Waals surface area contributed by atoms with Crippen molar-refractivity contribution >= 4 is 10.8 Å². The van der Waals surface area contributed by atoms with Gasteiger partial charge in [0.15, 0.2) is 0 Å². The van der Waals surface area contributed by atoms with E-state index in [1.54, 1.807) is 5.56 Å². The molecule has 1 fully saturated rings. The zero-order valence-electron chi connectivity index (χ0n) is 10.9. The highest BCUT2D eigenvalue weighted by Crippen LogP contribution is 2.42. The smallest absolute Gasteiger partial charge is 0.0454 e. The molecule has 3 rings (SSSR count). The van der Waals surface area contributed by atoms with Crippen molar-refractivity contribution in [2.24, 2.45) is 0 Å². The van der Waals surface area contributed by atoms with Crippen LogP contribution in [-0.4, -0.2) is 4.98 Å². The molecule has 0 saturated heterocycles. The number of fused-ring (bicyclic) bond motifs is 1. The Morgan fingerprint density at radius 1 is 1.18 bits per heavy atom. The second kappa shape index (κ2) is 3.83. The second-order valence-corrected chi connectivity index (χ2v) is 5.26. The van der Waals surface area contributed by atoms with Gasteiger partial charge in [-0.3, -0.25) is 4.98 Å². The highest BCUT2D eigenvalue weighted by molar-refractivity contribution is 5.86. The van der Waals surface area contributed by atoms with Crippen molar-refractivity contribution in [3.05, 3.63) is 40.7 Å². The van der Waals surface area contributed by atoms with Crippen molar-refractivity contribution in [3.8, 4) is 0 Å². The number of hydrogen-bond acceptors (Lipinski definition) is 1. The van der Waals surface area contributed by atoms with Crippen molar-refractivity contribution in [1.29, 1.82) is 0 Å². The van der Waals surface area contributed by atoms with E-state index in [4.69, 9.17) is 0 Å². The number of rotatable bonds is 2. The van der Waals surface area contributed by atoms with Gasteiger partial charge in [0.1, 0.15) is 0 Å². The van der Waals surface area contributed by atoms with Gasteiger partial charge in [0.2, 0.25) is 0 Å². The quantitative estimate of drug-likeness (QED) is 0.743. The molecular weight excluding hydrogens is 206 g/mol. The SMILES string of the molecule is CCc1cc2cc(C3CC3)c(C)cc2c(C)n1. The Balaban J connectivity index is 2.25.